The summed E-state index contributed by atoms with van der Waals surface area (Å²) in [4.78, 5) is 11.5. The summed E-state index contributed by atoms with van der Waals surface area (Å²) in [5, 5.41) is 6.95. The van der Waals surface area contributed by atoms with E-state index in [0.29, 0.717) is 6.04 Å². The molecule has 3 rings (SSSR count). The van der Waals surface area contributed by atoms with Gasteiger partial charge in [-0.3, -0.25) is 4.90 Å². The summed E-state index contributed by atoms with van der Waals surface area (Å²) in [5.41, 5.74) is 1.01. The minimum Gasteiger partial charge on any atom is -0.379 e. The molecule has 128 valence electrons. The molecule has 1 saturated carbocycles. The predicted octanol–water partition coefficient (Wildman–Crippen LogP) is 2.27. The summed E-state index contributed by atoms with van der Waals surface area (Å²) in [5.74, 6) is 1.69. The lowest BCUT2D eigenvalue weighted by atomic mass is 9.95. The molecule has 1 aromatic heterocycles. The molecule has 1 aliphatic carbocycles. The number of hydrogen-bond donors (Lipinski definition) is 2. The first-order valence-corrected chi connectivity index (χ1v) is 8.96. The fourth-order valence-electron chi connectivity index (χ4n) is 3.33. The van der Waals surface area contributed by atoms with Gasteiger partial charge in [0.05, 0.1) is 13.2 Å². The molecule has 2 fully saturated rings. The Morgan fingerprint density at radius 3 is 2.74 bits per heavy atom. The summed E-state index contributed by atoms with van der Waals surface area (Å²) in [6.07, 6.45) is 6.53. The van der Waals surface area contributed by atoms with E-state index < -0.39 is 0 Å². The minimum absolute atomic E-state index is 0.569. The molecule has 2 N–H and O–H groups in total. The van der Waals surface area contributed by atoms with E-state index in [9.17, 15) is 0 Å². The number of ether oxygens (including phenoxy) is 1. The zero-order chi connectivity index (χ0) is 15.9. The van der Waals surface area contributed by atoms with E-state index in [4.69, 9.17) is 4.74 Å². The average Bonchev–Trinajstić information content (AvgIpc) is 2.56. The molecule has 1 aromatic rings. The van der Waals surface area contributed by atoms with E-state index in [0.717, 1.165) is 56.9 Å². The Morgan fingerprint density at radius 2 is 1.96 bits per heavy atom. The maximum atomic E-state index is 5.37. The Labute approximate surface area is 139 Å². The van der Waals surface area contributed by atoms with Crippen LogP contribution < -0.4 is 10.6 Å². The van der Waals surface area contributed by atoms with Crippen LogP contribution in [0.25, 0.3) is 0 Å². The van der Waals surface area contributed by atoms with Crippen LogP contribution in [-0.4, -0.2) is 60.3 Å². The van der Waals surface area contributed by atoms with E-state index in [-0.39, 0.29) is 0 Å². The molecule has 6 nitrogen and oxygen atoms in total. The zero-order valence-electron chi connectivity index (χ0n) is 14.2. The second-order valence-electron chi connectivity index (χ2n) is 6.58. The highest BCUT2D eigenvalue weighted by Gasteiger charge is 2.14. The molecule has 0 spiro atoms. The van der Waals surface area contributed by atoms with E-state index in [1.807, 2.05) is 13.0 Å². The number of aryl methyl sites for hydroxylation is 1. The van der Waals surface area contributed by atoms with Crippen molar-refractivity contribution in [3.05, 3.63) is 11.8 Å². The van der Waals surface area contributed by atoms with Gasteiger partial charge in [0.25, 0.3) is 0 Å². The lowest BCUT2D eigenvalue weighted by Crippen LogP contribution is -2.39. The molecule has 0 amide bonds. The average molecular weight is 319 g/mol. The van der Waals surface area contributed by atoms with Crippen LogP contribution in [0.4, 0.5) is 11.8 Å². The largest absolute Gasteiger partial charge is 0.379 e. The predicted molar refractivity (Wildman–Crippen MR) is 93.0 cm³/mol. The van der Waals surface area contributed by atoms with Crippen molar-refractivity contribution < 1.29 is 4.74 Å². The van der Waals surface area contributed by atoms with Crippen LogP contribution in [-0.2, 0) is 4.74 Å². The topological polar surface area (TPSA) is 62.3 Å². The van der Waals surface area contributed by atoms with Crippen molar-refractivity contribution in [3.63, 3.8) is 0 Å². The summed E-state index contributed by atoms with van der Waals surface area (Å²) >= 11 is 0. The van der Waals surface area contributed by atoms with Crippen LogP contribution in [0.3, 0.4) is 0 Å². The van der Waals surface area contributed by atoms with Crippen LogP contribution in [0.15, 0.2) is 6.07 Å². The van der Waals surface area contributed by atoms with Gasteiger partial charge in [-0.2, -0.15) is 4.98 Å². The second-order valence-corrected chi connectivity index (χ2v) is 6.58. The van der Waals surface area contributed by atoms with Gasteiger partial charge >= 0.3 is 0 Å². The summed E-state index contributed by atoms with van der Waals surface area (Å²) in [6.45, 7) is 7.63. The van der Waals surface area contributed by atoms with Gasteiger partial charge in [0.1, 0.15) is 5.82 Å². The standard InChI is InChI=1S/C17H29N5O/c1-14-13-16(20-15-5-3-2-4-6-15)21-17(19-14)18-7-8-22-9-11-23-12-10-22/h13,15H,2-12H2,1H3,(H2,18,19,20,21). The third kappa shape index (κ3) is 5.32. The van der Waals surface area contributed by atoms with Gasteiger partial charge in [0.15, 0.2) is 0 Å². The molecule has 23 heavy (non-hydrogen) atoms. The highest BCUT2D eigenvalue weighted by atomic mass is 16.5. The third-order valence-corrected chi connectivity index (χ3v) is 4.63. The number of nitrogens with one attached hydrogen (secondary N) is 2. The van der Waals surface area contributed by atoms with E-state index in [1.165, 1.54) is 32.1 Å². The van der Waals surface area contributed by atoms with Crippen LogP contribution in [0.2, 0.25) is 0 Å². The molecule has 1 saturated heterocycles. The lowest BCUT2D eigenvalue weighted by Gasteiger charge is -2.26. The number of morpholine rings is 1. The number of nitrogens with zero attached hydrogens (tertiary/aromatic N) is 3. The summed E-state index contributed by atoms with van der Waals surface area (Å²) in [7, 11) is 0. The van der Waals surface area contributed by atoms with Crippen LogP contribution >= 0.6 is 0 Å². The van der Waals surface area contributed by atoms with E-state index in [1.54, 1.807) is 0 Å². The number of aromatic nitrogens is 2. The second kappa shape index (κ2) is 8.45. The van der Waals surface area contributed by atoms with Gasteiger partial charge in [-0.05, 0) is 19.8 Å². The first-order valence-electron chi connectivity index (χ1n) is 8.96. The summed E-state index contributed by atoms with van der Waals surface area (Å²) < 4.78 is 5.37. The number of hydrogen-bond acceptors (Lipinski definition) is 6. The van der Waals surface area contributed by atoms with Crippen molar-refractivity contribution in [2.24, 2.45) is 0 Å². The minimum atomic E-state index is 0.569. The Bertz CT molecular complexity index is 484. The molecule has 0 aromatic carbocycles. The monoisotopic (exact) mass is 319 g/mol. The molecule has 2 heterocycles. The van der Waals surface area contributed by atoms with Crippen molar-refractivity contribution in [2.45, 2.75) is 45.1 Å². The van der Waals surface area contributed by atoms with Gasteiger partial charge in [0.2, 0.25) is 5.95 Å². The van der Waals surface area contributed by atoms with Gasteiger partial charge in [-0.1, -0.05) is 19.3 Å². The Morgan fingerprint density at radius 1 is 1.17 bits per heavy atom. The van der Waals surface area contributed by atoms with Crippen molar-refractivity contribution in [3.8, 4) is 0 Å². The first kappa shape index (κ1) is 16.5. The lowest BCUT2D eigenvalue weighted by molar-refractivity contribution is 0.0398. The van der Waals surface area contributed by atoms with Gasteiger partial charge < -0.3 is 15.4 Å². The van der Waals surface area contributed by atoms with Gasteiger partial charge in [-0.15, -0.1) is 0 Å². The fraction of sp³-hybridized carbons (Fsp3) is 0.765. The molecule has 6 heteroatoms. The Balaban J connectivity index is 1.50. The van der Waals surface area contributed by atoms with Crippen LogP contribution in [0.5, 0.6) is 0 Å². The molecule has 0 bridgehead atoms. The van der Waals surface area contributed by atoms with Gasteiger partial charge in [-0.25, -0.2) is 4.98 Å². The van der Waals surface area contributed by atoms with Crippen molar-refractivity contribution in [1.82, 2.24) is 14.9 Å². The molecule has 0 atom stereocenters. The summed E-state index contributed by atoms with van der Waals surface area (Å²) in [6, 6.07) is 2.61. The molecular formula is C17H29N5O. The SMILES string of the molecule is Cc1cc(NC2CCCCC2)nc(NCCN2CCOCC2)n1. The van der Waals surface area contributed by atoms with E-state index in [2.05, 4.69) is 25.5 Å². The van der Waals surface area contributed by atoms with Crippen molar-refractivity contribution in [2.75, 3.05) is 50.0 Å². The normalized spacial score (nSPS) is 20.4. The van der Waals surface area contributed by atoms with Crippen molar-refractivity contribution >= 4 is 11.8 Å². The third-order valence-electron chi connectivity index (χ3n) is 4.63. The van der Waals surface area contributed by atoms with E-state index >= 15 is 0 Å². The highest BCUT2D eigenvalue weighted by Crippen LogP contribution is 2.21. The molecular weight excluding hydrogens is 290 g/mol. The van der Waals surface area contributed by atoms with Crippen molar-refractivity contribution in [1.29, 1.82) is 0 Å². The maximum Gasteiger partial charge on any atom is 0.224 e. The fourth-order valence-corrected chi connectivity index (χ4v) is 3.33. The molecule has 2 aliphatic rings. The molecule has 1 aliphatic heterocycles. The Hall–Kier alpha value is -1.40. The zero-order valence-corrected chi connectivity index (χ0v) is 14.2. The smallest absolute Gasteiger partial charge is 0.224 e. The van der Waals surface area contributed by atoms with Gasteiger partial charge in [0, 0.05) is 44.0 Å². The molecule has 0 unspecified atom stereocenters. The quantitative estimate of drug-likeness (QED) is 0.839. The molecule has 0 radical (unpaired) electrons. The number of anilines is 2. The highest BCUT2D eigenvalue weighted by molar-refractivity contribution is 5.43. The van der Waals surface area contributed by atoms with Crippen LogP contribution in [0, 0.1) is 6.92 Å². The first-order chi connectivity index (χ1) is 11.3. The maximum absolute atomic E-state index is 5.37. The Kier molecular flexibility index (Phi) is 6.05. The van der Waals surface area contributed by atoms with Crippen LogP contribution in [0.1, 0.15) is 37.8 Å². The number of rotatable bonds is 6.